The van der Waals surface area contributed by atoms with E-state index in [4.69, 9.17) is 0 Å². The van der Waals surface area contributed by atoms with Gasteiger partial charge in [0.1, 0.15) is 0 Å². The average molecular weight is 386 g/mol. The van der Waals surface area contributed by atoms with E-state index in [0.717, 1.165) is 30.8 Å². The molecule has 0 aromatic heterocycles. The maximum absolute atomic E-state index is 12.7. The Hall–Kier alpha value is -2.37. The molecule has 2 N–H and O–H groups in total. The van der Waals surface area contributed by atoms with Crippen molar-refractivity contribution in [2.45, 2.75) is 38.3 Å². The summed E-state index contributed by atoms with van der Waals surface area (Å²) in [5.41, 5.74) is 4.06. The van der Waals surface area contributed by atoms with Gasteiger partial charge in [-0.25, -0.2) is 0 Å². The van der Waals surface area contributed by atoms with E-state index in [1.165, 1.54) is 11.1 Å². The van der Waals surface area contributed by atoms with Gasteiger partial charge in [-0.2, -0.15) is 0 Å². The highest BCUT2D eigenvalue weighted by atomic mass is 35.5. The molecule has 142 valence electrons. The van der Waals surface area contributed by atoms with Crippen molar-refractivity contribution in [3.8, 4) is 0 Å². The number of halogens is 1. The molecule has 2 aliphatic heterocycles. The molecule has 27 heavy (non-hydrogen) atoms. The lowest BCUT2D eigenvalue weighted by Gasteiger charge is -2.28. The van der Waals surface area contributed by atoms with Crippen LogP contribution in [0.5, 0.6) is 0 Å². The van der Waals surface area contributed by atoms with Crippen molar-refractivity contribution in [2.75, 3.05) is 16.8 Å². The molecule has 2 heterocycles. The summed E-state index contributed by atoms with van der Waals surface area (Å²) in [6.07, 6.45) is 3.27. The van der Waals surface area contributed by atoms with Gasteiger partial charge in [0, 0.05) is 30.9 Å². The lowest BCUT2D eigenvalue weighted by Crippen LogP contribution is -2.44. The second-order valence-electron chi connectivity index (χ2n) is 6.95. The second-order valence-corrected chi connectivity index (χ2v) is 6.95. The maximum atomic E-state index is 12.7. The van der Waals surface area contributed by atoms with Crippen LogP contribution in [-0.4, -0.2) is 24.4 Å². The van der Waals surface area contributed by atoms with Gasteiger partial charge in [0.2, 0.25) is 11.8 Å². The van der Waals surface area contributed by atoms with Crippen molar-refractivity contribution >= 4 is 35.6 Å². The molecule has 0 radical (unpaired) electrons. The molecule has 0 saturated carbocycles. The van der Waals surface area contributed by atoms with Crippen LogP contribution in [-0.2, 0) is 22.6 Å². The van der Waals surface area contributed by atoms with Crippen molar-refractivity contribution in [3.63, 3.8) is 0 Å². The zero-order valence-electron chi connectivity index (χ0n) is 15.1. The predicted molar refractivity (Wildman–Crippen MR) is 109 cm³/mol. The van der Waals surface area contributed by atoms with Gasteiger partial charge in [0.05, 0.1) is 6.04 Å². The van der Waals surface area contributed by atoms with Crippen LogP contribution >= 0.6 is 12.4 Å². The summed E-state index contributed by atoms with van der Waals surface area (Å²) < 4.78 is 0. The predicted octanol–water partition coefficient (Wildman–Crippen LogP) is 3.28. The van der Waals surface area contributed by atoms with Crippen molar-refractivity contribution < 1.29 is 9.59 Å². The van der Waals surface area contributed by atoms with E-state index in [9.17, 15) is 9.59 Å². The number of carbonyl (C=O) groups is 2. The lowest BCUT2D eigenvalue weighted by molar-refractivity contribution is -0.119. The Balaban J connectivity index is 0.00000210. The molecule has 1 fully saturated rings. The number of anilines is 2. The Bertz CT molecular complexity index is 840. The molecule has 4 rings (SSSR count). The summed E-state index contributed by atoms with van der Waals surface area (Å²) in [6.45, 7) is 1.45. The van der Waals surface area contributed by atoms with Gasteiger partial charge < -0.3 is 15.5 Å². The Kier molecular flexibility index (Phi) is 6.14. The van der Waals surface area contributed by atoms with Crippen LogP contribution in [0.15, 0.2) is 48.5 Å². The number of rotatable bonds is 3. The van der Waals surface area contributed by atoms with Crippen LogP contribution in [0.25, 0.3) is 0 Å². The quantitative estimate of drug-likeness (QED) is 0.852. The fourth-order valence-corrected chi connectivity index (χ4v) is 3.70. The van der Waals surface area contributed by atoms with E-state index in [-0.39, 0.29) is 30.3 Å². The van der Waals surface area contributed by atoms with E-state index in [1.807, 2.05) is 41.3 Å². The largest absolute Gasteiger partial charge is 0.325 e. The molecular weight excluding hydrogens is 362 g/mol. The third-order valence-electron chi connectivity index (χ3n) is 5.15. The van der Waals surface area contributed by atoms with Crippen LogP contribution in [0, 0.1) is 0 Å². The SMILES string of the molecule is Cl.O=C(Nc1cccc(N2CCCCC2=O)c1)C1Cc2ccccc2CN1. The molecule has 5 nitrogen and oxygen atoms in total. The number of hydrogen-bond donors (Lipinski definition) is 2. The molecule has 2 aromatic rings. The first kappa shape index (κ1) is 19.4. The highest BCUT2D eigenvalue weighted by Gasteiger charge is 2.24. The monoisotopic (exact) mass is 385 g/mol. The van der Waals surface area contributed by atoms with Crippen LogP contribution in [0.1, 0.15) is 30.4 Å². The zero-order valence-corrected chi connectivity index (χ0v) is 15.9. The van der Waals surface area contributed by atoms with Crippen LogP contribution < -0.4 is 15.5 Å². The molecule has 2 aromatic carbocycles. The first-order valence-electron chi connectivity index (χ1n) is 9.22. The molecule has 1 unspecified atom stereocenters. The summed E-state index contributed by atoms with van der Waals surface area (Å²) in [6, 6.07) is 15.5. The van der Waals surface area contributed by atoms with Crippen molar-refractivity contribution in [1.29, 1.82) is 0 Å². The number of hydrogen-bond acceptors (Lipinski definition) is 3. The molecule has 2 amide bonds. The van der Waals surface area contributed by atoms with Gasteiger partial charge >= 0.3 is 0 Å². The van der Waals surface area contributed by atoms with Crippen molar-refractivity contribution in [2.24, 2.45) is 0 Å². The fourth-order valence-electron chi connectivity index (χ4n) is 3.70. The maximum Gasteiger partial charge on any atom is 0.241 e. The minimum Gasteiger partial charge on any atom is -0.325 e. The Morgan fingerprint density at radius 2 is 1.89 bits per heavy atom. The minimum atomic E-state index is -0.245. The number of carbonyl (C=O) groups excluding carboxylic acids is 2. The molecule has 2 aliphatic rings. The molecule has 0 aliphatic carbocycles. The van der Waals surface area contributed by atoms with Crippen LogP contribution in [0.3, 0.4) is 0 Å². The van der Waals surface area contributed by atoms with E-state index < -0.39 is 0 Å². The van der Waals surface area contributed by atoms with Crippen LogP contribution in [0.4, 0.5) is 11.4 Å². The number of fused-ring (bicyclic) bond motifs is 1. The number of nitrogens with zero attached hydrogens (tertiary/aromatic N) is 1. The van der Waals surface area contributed by atoms with Gasteiger partial charge in [-0.15, -0.1) is 12.4 Å². The summed E-state index contributed by atoms with van der Waals surface area (Å²) in [5.74, 6) is 0.118. The zero-order chi connectivity index (χ0) is 17.9. The normalized spacial score (nSPS) is 19.0. The topological polar surface area (TPSA) is 61.4 Å². The molecular formula is C21H24ClN3O2. The average Bonchev–Trinajstić information content (AvgIpc) is 2.68. The number of piperidine rings is 1. The second kappa shape index (κ2) is 8.55. The molecule has 0 spiro atoms. The Labute approximate surface area is 165 Å². The third-order valence-corrected chi connectivity index (χ3v) is 5.15. The first-order valence-corrected chi connectivity index (χ1v) is 9.22. The van der Waals surface area contributed by atoms with Gasteiger partial charge in [-0.3, -0.25) is 9.59 Å². The first-order chi connectivity index (χ1) is 12.7. The molecule has 1 atom stereocenters. The smallest absolute Gasteiger partial charge is 0.241 e. The van der Waals surface area contributed by atoms with Crippen LogP contribution in [0.2, 0.25) is 0 Å². The highest BCUT2D eigenvalue weighted by Crippen LogP contribution is 2.24. The number of amides is 2. The summed E-state index contributed by atoms with van der Waals surface area (Å²) in [5, 5.41) is 6.30. The number of benzene rings is 2. The highest BCUT2D eigenvalue weighted by molar-refractivity contribution is 5.97. The van der Waals surface area contributed by atoms with Gasteiger partial charge in [-0.1, -0.05) is 30.3 Å². The fraction of sp³-hybridized carbons (Fsp3) is 0.333. The number of nitrogens with one attached hydrogen (secondary N) is 2. The molecule has 0 bridgehead atoms. The Morgan fingerprint density at radius 3 is 2.70 bits per heavy atom. The third kappa shape index (κ3) is 4.31. The van der Waals surface area contributed by atoms with Gasteiger partial charge in [-0.05, 0) is 48.6 Å². The van der Waals surface area contributed by atoms with Gasteiger partial charge in [0.25, 0.3) is 0 Å². The van der Waals surface area contributed by atoms with E-state index in [0.29, 0.717) is 19.4 Å². The lowest BCUT2D eigenvalue weighted by atomic mass is 9.95. The summed E-state index contributed by atoms with van der Waals surface area (Å²) in [7, 11) is 0. The van der Waals surface area contributed by atoms with Crippen molar-refractivity contribution in [1.82, 2.24) is 5.32 Å². The minimum absolute atomic E-state index is 0. The Morgan fingerprint density at radius 1 is 1.07 bits per heavy atom. The van der Waals surface area contributed by atoms with E-state index >= 15 is 0 Å². The van der Waals surface area contributed by atoms with Gasteiger partial charge in [0.15, 0.2) is 0 Å². The summed E-state index contributed by atoms with van der Waals surface area (Å²) in [4.78, 5) is 26.6. The molecule has 1 saturated heterocycles. The molecule has 6 heteroatoms. The summed E-state index contributed by atoms with van der Waals surface area (Å²) >= 11 is 0. The van der Waals surface area contributed by atoms with E-state index in [2.05, 4.69) is 22.8 Å². The van der Waals surface area contributed by atoms with Crippen molar-refractivity contribution in [3.05, 3.63) is 59.7 Å². The standard InChI is InChI=1S/C21H23N3O2.ClH/c25-20-10-3-4-11-24(20)18-9-5-8-17(13-18)23-21(26)19-12-15-6-1-2-7-16(15)14-22-19;/h1-2,5-9,13,19,22H,3-4,10-12,14H2,(H,23,26);1H. The van der Waals surface area contributed by atoms with E-state index in [1.54, 1.807) is 0 Å².